The normalized spacial score (nSPS) is 14.1. The topological polar surface area (TPSA) is 15.3 Å². The van der Waals surface area contributed by atoms with Crippen LogP contribution in [0.3, 0.4) is 0 Å². The number of hydrogen-bond acceptors (Lipinski definition) is 2. The third-order valence-corrected chi connectivity index (χ3v) is 6.85. The number of hydrogen-bond donors (Lipinski definition) is 1. The van der Waals surface area contributed by atoms with E-state index in [4.69, 9.17) is 0 Å². The van der Waals surface area contributed by atoms with Crippen LogP contribution < -0.4 is 10.2 Å². The highest BCUT2D eigenvalue weighted by molar-refractivity contribution is 5.64. The van der Waals surface area contributed by atoms with Crippen molar-refractivity contribution in [3.63, 3.8) is 0 Å². The van der Waals surface area contributed by atoms with Crippen LogP contribution in [0.15, 0.2) is 42.0 Å². The molecule has 0 atom stereocenters. The van der Waals surface area contributed by atoms with E-state index in [1.54, 1.807) is 0 Å². The minimum Gasteiger partial charge on any atom is -0.369 e. The standard InChI is InChI=1S/C20H31N.C10H18.C2H7N/c1-5-11-18-14-17(6-2)15-20(16(18)4)21(7-3)19-12-9-8-10-13-19;1-6-9(5)10(7-2)8(3)4;1-3-2/h6,14-15,19H,2,5,7-13H2,1,3-4H3;3,6-7H2,1-2,4-5H3;3H,1-2H3/b;10-9-;. The van der Waals surface area contributed by atoms with E-state index in [1.807, 2.05) is 20.2 Å². The quantitative estimate of drug-likeness (QED) is 0.363. The van der Waals surface area contributed by atoms with Gasteiger partial charge in [-0.05, 0) is 102 Å². The molecule has 0 aliphatic heterocycles. The summed E-state index contributed by atoms with van der Waals surface area (Å²) >= 11 is 0. The molecule has 0 saturated heterocycles. The first kappa shape index (κ1) is 32.2. The Labute approximate surface area is 213 Å². The minimum absolute atomic E-state index is 0.733. The fourth-order valence-electron chi connectivity index (χ4n) is 4.93. The van der Waals surface area contributed by atoms with Crippen molar-refractivity contribution in [1.82, 2.24) is 5.32 Å². The summed E-state index contributed by atoms with van der Waals surface area (Å²) in [7, 11) is 3.75. The van der Waals surface area contributed by atoms with Gasteiger partial charge in [-0.25, -0.2) is 0 Å². The molecule has 1 aliphatic carbocycles. The third-order valence-electron chi connectivity index (χ3n) is 6.85. The molecule has 2 nitrogen and oxygen atoms in total. The summed E-state index contributed by atoms with van der Waals surface area (Å²) in [5.74, 6) is 0. The molecule has 1 saturated carbocycles. The minimum atomic E-state index is 0.733. The van der Waals surface area contributed by atoms with Gasteiger partial charge >= 0.3 is 0 Å². The van der Waals surface area contributed by atoms with Crippen LogP contribution >= 0.6 is 0 Å². The van der Waals surface area contributed by atoms with Crippen molar-refractivity contribution in [3.8, 4) is 0 Å². The lowest BCUT2D eigenvalue weighted by Gasteiger charge is -2.37. The molecule has 0 bridgehead atoms. The zero-order valence-electron chi connectivity index (χ0n) is 24.2. The fraction of sp³-hybridized carbons (Fsp3) is 0.625. The van der Waals surface area contributed by atoms with Crippen molar-refractivity contribution in [2.75, 3.05) is 25.5 Å². The Hall–Kier alpha value is -1.80. The Morgan fingerprint density at radius 1 is 1.03 bits per heavy atom. The van der Waals surface area contributed by atoms with Gasteiger partial charge in [-0.15, -0.1) is 0 Å². The van der Waals surface area contributed by atoms with Crippen molar-refractivity contribution in [1.29, 1.82) is 0 Å². The average Bonchev–Trinajstić information content (AvgIpc) is 2.83. The number of anilines is 1. The second-order valence-corrected chi connectivity index (χ2v) is 9.60. The number of nitrogens with one attached hydrogen (secondary N) is 1. The second-order valence-electron chi connectivity index (χ2n) is 9.60. The summed E-state index contributed by atoms with van der Waals surface area (Å²) in [5, 5.41) is 2.75. The van der Waals surface area contributed by atoms with Gasteiger partial charge in [-0.1, -0.05) is 82.9 Å². The molecule has 194 valence electrons. The zero-order chi connectivity index (χ0) is 26.1. The van der Waals surface area contributed by atoms with Gasteiger partial charge < -0.3 is 10.2 Å². The summed E-state index contributed by atoms with van der Waals surface area (Å²) in [4.78, 5) is 2.65. The first-order chi connectivity index (χ1) is 16.2. The van der Waals surface area contributed by atoms with Crippen LogP contribution in [0.1, 0.15) is 110 Å². The average molecular weight is 469 g/mol. The number of benzene rings is 1. The maximum atomic E-state index is 3.98. The van der Waals surface area contributed by atoms with E-state index >= 15 is 0 Å². The smallest absolute Gasteiger partial charge is 0.0407 e. The van der Waals surface area contributed by atoms with Gasteiger partial charge in [0.15, 0.2) is 0 Å². The molecule has 2 rings (SSSR count). The number of rotatable bonds is 9. The first-order valence-corrected chi connectivity index (χ1v) is 13.7. The lowest BCUT2D eigenvalue weighted by atomic mass is 9.92. The van der Waals surface area contributed by atoms with E-state index < -0.39 is 0 Å². The molecule has 2 heteroatoms. The van der Waals surface area contributed by atoms with Crippen LogP contribution in [0.2, 0.25) is 0 Å². The van der Waals surface area contributed by atoms with Gasteiger partial charge in [0, 0.05) is 18.3 Å². The predicted octanol–water partition coefficient (Wildman–Crippen LogP) is 9.28. The summed E-state index contributed by atoms with van der Waals surface area (Å²) in [6.07, 6.45) is 13.6. The molecule has 0 radical (unpaired) electrons. The van der Waals surface area contributed by atoms with Gasteiger partial charge in [0.05, 0.1) is 0 Å². The van der Waals surface area contributed by atoms with E-state index in [0.717, 1.165) is 25.4 Å². The molecule has 1 aromatic carbocycles. The largest absolute Gasteiger partial charge is 0.369 e. The number of aryl methyl sites for hydroxylation is 1. The molecule has 34 heavy (non-hydrogen) atoms. The van der Waals surface area contributed by atoms with Gasteiger partial charge in [-0.2, -0.15) is 0 Å². The van der Waals surface area contributed by atoms with Crippen molar-refractivity contribution in [3.05, 3.63) is 58.7 Å². The van der Waals surface area contributed by atoms with Crippen LogP contribution in [0, 0.1) is 6.92 Å². The van der Waals surface area contributed by atoms with E-state index in [0.29, 0.717) is 0 Å². The Balaban J connectivity index is 0.000000704. The van der Waals surface area contributed by atoms with Crippen LogP contribution in [0.5, 0.6) is 0 Å². The number of nitrogens with zero attached hydrogens (tertiary/aromatic N) is 1. The molecular formula is C32H56N2. The van der Waals surface area contributed by atoms with E-state index in [-0.39, 0.29) is 0 Å². The molecule has 1 aliphatic rings. The lowest BCUT2D eigenvalue weighted by molar-refractivity contribution is 0.418. The van der Waals surface area contributed by atoms with Gasteiger partial charge in [-0.3, -0.25) is 0 Å². The second kappa shape index (κ2) is 18.5. The van der Waals surface area contributed by atoms with Crippen LogP contribution in [0.25, 0.3) is 6.08 Å². The number of allylic oxidation sites excluding steroid dienone is 3. The van der Waals surface area contributed by atoms with Gasteiger partial charge in [0.2, 0.25) is 0 Å². The SMILES string of the molecule is C=C(C)/C(CC)=C(/C)CC.C=Cc1cc(CCC)c(C)c(N(CC)C2CCCCC2)c1.CNC. The monoisotopic (exact) mass is 468 g/mol. The maximum Gasteiger partial charge on any atom is 0.0407 e. The van der Waals surface area contributed by atoms with E-state index in [1.165, 1.54) is 84.0 Å². The van der Waals surface area contributed by atoms with Gasteiger partial charge in [0.25, 0.3) is 0 Å². The summed E-state index contributed by atoms with van der Waals surface area (Å²) in [6, 6.07) is 5.40. The predicted molar refractivity (Wildman–Crippen MR) is 158 cm³/mol. The van der Waals surface area contributed by atoms with Crippen LogP contribution in [-0.4, -0.2) is 26.7 Å². The Kier molecular flexibility index (Phi) is 17.5. The van der Waals surface area contributed by atoms with Crippen LogP contribution in [-0.2, 0) is 6.42 Å². The van der Waals surface area contributed by atoms with Crippen molar-refractivity contribution >= 4 is 11.8 Å². The summed E-state index contributed by atoms with van der Waals surface area (Å²) in [5.41, 5.74) is 9.85. The Morgan fingerprint density at radius 2 is 1.62 bits per heavy atom. The summed E-state index contributed by atoms with van der Waals surface area (Å²) in [6.45, 7) is 24.5. The van der Waals surface area contributed by atoms with E-state index in [9.17, 15) is 0 Å². The molecule has 0 unspecified atom stereocenters. The first-order valence-electron chi connectivity index (χ1n) is 13.7. The molecule has 0 amide bonds. The maximum absolute atomic E-state index is 3.98. The molecular weight excluding hydrogens is 412 g/mol. The third kappa shape index (κ3) is 10.6. The highest BCUT2D eigenvalue weighted by atomic mass is 15.2. The fourth-order valence-corrected chi connectivity index (χ4v) is 4.93. The zero-order valence-corrected chi connectivity index (χ0v) is 24.2. The molecule has 1 aromatic rings. The molecule has 0 heterocycles. The lowest BCUT2D eigenvalue weighted by Crippen LogP contribution is -2.37. The van der Waals surface area contributed by atoms with Crippen LogP contribution in [0.4, 0.5) is 5.69 Å². The molecule has 1 N–H and O–H groups in total. The van der Waals surface area contributed by atoms with Gasteiger partial charge in [0.1, 0.15) is 0 Å². The highest BCUT2D eigenvalue weighted by Gasteiger charge is 2.22. The Morgan fingerprint density at radius 3 is 2.00 bits per heavy atom. The van der Waals surface area contributed by atoms with Crippen molar-refractivity contribution < 1.29 is 0 Å². The summed E-state index contributed by atoms with van der Waals surface area (Å²) < 4.78 is 0. The molecule has 1 fully saturated rings. The van der Waals surface area contributed by atoms with E-state index in [2.05, 4.69) is 84.0 Å². The van der Waals surface area contributed by atoms with Crippen molar-refractivity contribution in [2.45, 2.75) is 112 Å². The Bertz CT molecular complexity index is 751. The highest BCUT2D eigenvalue weighted by Crippen LogP contribution is 2.32. The van der Waals surface area contributed by atoms with Crippen molar-refractivity contribution in [2.24, 2.45) is 0 Å². The molecule has 0 spiro atoms. The molecule has 0 aromatic heterocycles.